The smallest absolute Gasteiger partial charge is 0.194 e. The monoisotopic (exact) mass is 545 g/mol. The van der Waals surface area contributed by atoms with Crippen molar-refractivity contribution < 1.29 is 0 Å². The molecule has 0 amide bonds. The van der Waals surface area contributed by atoms with Gasteiger partial charge in [-0.05, 0) is 50.6 Å². The molecule has 1 aliphatic heterocycles. The summed E-state index contributed by atoms with van der Waals surface area (Å²) in [4.78, 5) is 14.1. The Morgan fingerprint density at radius 1 is 1.03 bits per heavy atom. The molecule has 0 spiro atoms. The maximum Gasteiger partial charge on any atom is 0.194 e. The van der Waals surface area contributed by atoms with Crippen LogP contribution in [0.4, 0.5) is 5.82 Å². The van der Waals surface area contributed by atoms with Gasteiger partial charge in [0.1, 0.15) is 5.82 Å². The van der Waals surface area contributed by atoms with E-state index in [-0.39, 0.29) is 24.0 Å². The second kappa shape index (κ2) is 11.3. The van der Waals surface area contributed by atoms with Gasteiger partial charge >= 0.3 is 0 Å². The molecule has 3 heterocycles. The molecular weight excluding hydrogens is 513 g/mol. The lowest BCUT2D eigenvalue weighted by Gasteiger charge is -2.37. The summed E-state index contributed by atoms with van der Waals surface area (Å²) in [6.07, 6.45) is 1.85. The SMILES string of the molecule is CCNC(=NCc1ccccc1-n1nc(C)cc1C)N1CCN(c2ccccn2)CC1.I. The molecule has 0 aliphatic carbocycles. The predicted octanol–water partition coefficient (Wildman–Crippen LogP) is 3.79. The normalized spacial score (nSPS) is 14.3. The van der Waals surface area contributed by atoms with Gasteiger partial charge in [0.15, 0.2) is 5.96 Å². The van der Waals surface area contributed by atoms with E-state index < -0.39 is 0 Å². The second-order valence-corrected chi connectivity index (χ2v) is 7.80. The van der Waals surface area contributed by atoms with Crippen LogP contribution in [0.5, 0.6) is 0 Å². The maximum absolute atomic E-state index is 4.98. The predicted molar refractivity (Wildman–Crippen MR) is 141 cm³/mol. The molecule has 170 valence electrons. The van der Waals surface area contributed by atoms with Crippen LogP contribution in [0.25, 0.3) is 5.69 Å². The molecule has 32 heavy (non-hydrogen) atoms. The van der Waals surface area contributed by atoms with Gasteiger partial charge in [-0.15, -0.1) is 24.0 Å². The third kappa shape index (κ3) is 5.59. The minimum Gasteiger partial charge on any atom is -0.357 e. The van der Waals surface area contributed by atoms with Gasteiger partial charge in [-0.25, -0.2) is 14.7 Å². The largest absolute Gasteiger partial charge is 0.357 e. The fourth-order valence-electron chi connectivity index (χ4n) is 4.00. The van der Waals surface area contributed by atoms with Crippen molar-refractivity contribution >= 4 is 35.8 Å². The molecule has 1 N–H and O–H groups in total. The van der Waals surface area contributed by atoms with E-state index in [9.17, 15) is 0 Å². The number of pyridine rings is 1. The summed E-state index contributed by atoms with van der Waals surface area (Å²) in [7, 11) is 0. The average Bonchev–Trinajstić information content (AvgIpc) is 3.15. The molecule has 0 bridgehead atoms. The lowest BCUT2D eigenvalue weighted by molar-refractivity contribution is 0.371. The van der Waals surface area contributed by atoms with E-state index in [1.807, 2.05) is 29.9 Å². The van der Waals surface area contributed by atoms with Crippen molar-refractivity contribution in [3.05, 3.63) is 71.7 Å². The third-order valence-electron chi connectivity index (χ3n) is 5.52. The van der Waals surface area contributed by atoms with Gasteiger partial charge in [-0.2, -0.15) is 5.10 Å². The van der Waals surface area contributed by atoms with Crippen molar-refractivity contribution in [1.29, 1.82) is 0 Å². The first kappa shape index (κ1) is 24.0. The summed E-state index contributed by atoms with van der Waals surface area (Å²) in [6, 6.07) is 16.6. The summed E-state index contributed by atoms with van der Waals surface area (Å²) >= 11 is 0. The van der Waals surface area contributed by atoms with Crippen LogP contribution in [-0.2, 0) is 6.54 Å². The number of anilines is 1. The number of halogens is 1. The highest BCUT2D eigenvalue weighted by molar-refractivity contribution is 14.0. The molecule has 1 aliphatic rings. The number of aromatic nitrogens is 3. The van der Waals surface area contributed by atoms with Crippen LogP contribution < -0.4 is 10.2 Å². The molecule has 3 aromatic rings. The van der Waals surface area contributed by atoms with Gasteiger partial charge < -0.3 is 15.1 Å². The Balaban J connectivity index is 0.00000289. The van der Waals surface area contributed by atoms with E-state index in [1.54, 1.807) is 0 Å². The number of guanidine groups is 1. The number of nitrogens with zero attached hydrogens (tertiary/aromatic N) is 6. The Morgan fingerprint density at radius 2 is 1.78 bits per heavy atom. The minimum absolute atomic E-state index is 0. The van der Waals surface area contributed by atoms with Crippen LogP contribution in [0.2, 0.25) is 0 Å². The van der Waals surface area contributed by atoms with E-state index in [1.165, 1.54) is 0 Å². The highest BCUT2D eigenvalue weighted by atomic mass is 127. The van der Waals surface area contributed by atoms with Crippen molar-refractivity contribution in [2.24, 2.45) is 4.99 Å². The number of para-hydroxylation sites is 1. The van der Waals surface area contributed by atoms with E-state index >= 15 is 0 Å². The quantitative estimate of drug-likeness (QED) is 0.301. The fraction of sp³-hybridized carbons (Fsp3) is 0.375. The van der Waals surface area contributed by atoms with E-state index in [4.69, 9.17) is 4.99 Å². The highest BCUT2D eigenvalue weighted by Crippen LogP contribution is 2.18. The third-order valence-corrected chi connectivity index (χ3v) is 5.52. The van der Waals surface area contributed by atoms with Gasteiger partial charge in [0.05, 0.1) is 17.9 Å². The van der Waals surface area contributed by atoms with Crippen molar-refractivity contribution in [2.75, 3.05) is 37.6 Å². The number of hydrogen-bond acceptors (Lipinski definition) is 4. The molecule has 2 aromatic heterocycles. The molecule has 0 radical (unpaired) electrons. The van der Waals surface area contributed by atoms with Gasteiger partial charge in [0.2, 0.25) is 0 Å². The Hall–Kier alpha value is -2.62. The number of nitrogens with one attached hydrogen (secondary N) is 1. The second-order valence-electron chi connectivity index (χ2n) is 7.80. The molecule has 0 atom stereocenters. The summed E-state index contributed by atoms with van der Waals surface area (Å²) < 4.78 is 2.01. The van der Waals surface area contributed by atoms with Crippen LogP contribution in [0.3, 0.4) is 0 Å². The number of benzene rings is 1. The molecule has 7 nitrogen and oxygen atoms in total. The molecule has 1 fully saturated rings. The van der Waals surface area contributed by atoms with Gasteiger partial charge in [0, 0.05) is 44.6 Å². The lowest BCUT2D eigenvalue weighted by Crippen LogP contribution is -2.52. The number of aliphatic imine (C=N–C) groups is 1. The van der Waals surface area contributed by atoms with Crippen LogP contribution in [0.15, 0.2) is 59.7 Å². The van der Waals surface area contributed by atoms with E-state index in [0.717, 1.165) is 67.1 Å². The van der Waals surface area contributed by atoms with Crippen LogP contribution in [0, 0.1) is 13.8 Å². The molecule has 1 saturated heterocycles. The van der Waals surface area contributed by atoms with Gasteiger partial charge in [-0.1, -0.05) is 24.3 Å². The first-order chi connectivity index (χ1) is 15.2. The van der Waals surface area contributed by atoms with E-state index in [0.29, 0.717) is 6.54 Å². The summed E-state index contributed by atoms with van der Waals surface area (Å²) in [5.41, 5.74) is 4.41. The van der Waals surface area contributed by atoms with Crippen LogP contribution >= 0.6 is 24.0 Å². The highest BCUT2D eigenvalue weighted by Gasteiger charge is 2.20. The Bertz CT molecular complexity index is 1020. The Morgan fingerprint density at radius 3 is 2.44 bits per heavy atom. The molecule has 8 heteroatoms. The Labute approximate surface area is 207 Å². The van der Waals surface area contributed by atoms with Crippen LogP contribution in [-0.4, -0.2) is 58.3 Å². The fourth-order valence-corrected chi connectivity index (χ4v) is 4.00. The first-order valence-electron chi connectivity index (χ1n) is 11.0. The first-order valence-corrected chi connectivity index (χ1v) is 11.0. The zero-order chi connectivity index (χ0) is 21.6. The van der Waals surface area contributed by atoms with Gasteiger partial charge in [0.25, 0.3) is 0 Å². The van der Waals surface area contributed by atoms with Crippen molar-refractivity contribution in [3.63, 3.8) is 0 Å². The molecule has 0 unspecified atom stereocenters. The molecule has 1 aromatic carbocycles. The number of hydrogen-bond donors (Lipinski definition) is 1. The van der Waals surface area contributed by atoms with E-state index in [2.05, 4.69) is 75.4 Å². The number of piperazine rings is 1. The zero-order valence-electron chi connectivity index (χ0n) is 19.0. The molecule has 0 saturated carbocycles. The molecular formula is C24H32IN7. The van der Waals surface area contributed by atoms with Gasteiger partial charge in [-0.3, -0.25) is 0 Å². The summed E-state index contributed by atoms with van der Waals surface area (Å²) in [6.45, 7) is 11.4. The van der Waals surface area contributed by atoms with Crippen molar-refractivity contribution in [2.45, 2.75) is 27.3 Å². The Kier molecular flexibility index (Phi) is 8.49. The van der Waals surface area contributed by atoms with Crippen molar-refractivity contribution in [3.8, 4) is 5.69 Å². The minimum atomic E-state index is 0. The maximum atomic E-state index is 4.98. The topological polar surface area (TPSA) is 61.6 Å². The zero-order valence-corrected chi connectivity index (χ0v) is 21.4. The lowest BCUT2D eigenvalue weighted by atomic mass is 10.2. The van der Waals surface area contributed by atoms with Crippen molar-refractivity contribution in [1.82, 2.24) is 25.0 Å². The molecule has 4 rings (SSSR count). The van der Waals surface area contributed by atoms with Crippen LogP contribution in [0.1, 0.15) is 23.9 Å². The number of aryl methyl sites for hydroxylation is 2. The summed E-state index contributed by atoms with van der Waals surface area (Å²) in [5, 5.41) is 8.13. The number of rotatable bonds is 5. The summed E-state index contributed by atoms with van der Waals surface area (Å²) in [5.74, 6) is 2.01. The standard InChI is InChI=1S/C24H31N7.HI/c1-4-25-24(30-15-13-29(14-16-30)23-11-7-8-12-26-23)27-18-21-9-5-6-10-22(21)31-20(3)17-19(2)28-31;/h5-12,17H,4,13-16,18H2,1-3H3,(H,25,27);1H. The average molecular weight is 545 g/mol.